The third kappa shape index (κ3) is 3.10. The Kier molecular flexibility index (Phi) is 4.25. The molecule has 0 N–H and O–H groups in total. The van der Waals surface area contributed by atoms with Crippen molar-refractivity contribution in [2.24, 2.45) is 0 Å². The van der Waals surface area contributed by atoms with Crippen molar-refractivity contribution in [3.63, 3.8) is 0 Å². The molecule has 5 heteroatoms. The lowest BCUT2D eigenvalue weighted by atomic mass is 10.00. The van der Waals surface area contributed by atoms with Gasteiger partial charge in [0.05, 0.1) is 11.6 Å². The van der Waals surface area contributed by atoms with Gasteiger partial charge < -0.3 is 4.74 Å². The van der Waals surface area contributed by atoms with Gasteiger partial charge in [-0.2, -0.15) is 0 Å². The van der Waals surface area contributed by atoms with Crippen molar-refractivity contribution in [3.8, 4) is 5.75 Å². The van der Waals surface area contributed by atoms with Gasteiger partial charge in [-0.3, -0.25) is 4.79 Å². The Morgan fingerprint density at radius 1 is 1.24 bits per heavy atom. The fraction of sp³-hybridized carbons (Fsp3) is 0.188. The molecule has 0 bridgehead atoms. The van der Waals surface area contributed by atoms with Crippen LogP contribution in [0.5, 0.6) is 5.75 Å². The van der Waals surface area contributed by atoms with Gasteiger partial charge >= 0.3 is 0 Å². The monoisotopic (exact) mass is 384 g/mol. The van der Waals surface area contributed by atoms with Crippen LogP contribution in [0.2, 0.25) is 10.0 Å². The predicted octanol–water partition coefficient (Wildman–Crippen LogP) is 5.12. The Hall–Kier alpha value is -1.03. The topological polar surface area (TPSA) is 26.3 Å². The minimum absolute atomic E-state index is 0.0544. The van der Waals surface area contributed by atoms with Crippen LogP contribution in [0.3, 0.4) is 0 Å². The third-order valence-corrected chi connectivity index (χ3v) is 4.45. The van der Waals surface area contributed by atoms with E-state index in [2.05, 4.69) is 15.9 Å². The number of hydrogen-bond donors (Lipinski definition) is 0. The van der Waals surface area contributed by atoms with Gasteiger partial charge in [0.2, 0.25) is 0 Å². The lowest BCUT2D eigenvalue weighted by Crippen LogP contribution is -2.06. The summed E-state index contributed by atoms with van der Waals surface area (Å²) in [6.07, 6.45) is 1.05. The van der Waals surface area contributed by atoms with Crippen molar-refractivity contribution in [2.75, 3.05) is 6.61 Å². The van der Waals surface area contributed by atoms with Crippen molar-refractivity contribution in [1.82, 2.24) is 0 Å². The maximum Gasteiger partial charge on any atom is 0.168 e. The lowest BCUT2D eigenvalue weighted by Gasteiger charge is -2.09. The molecule has 0 atom stereocenters. The van der Waals surface area contributed by atoms with Gasteiger partial charge in [0.1, 0.15) is 5.75 Å². The molecule has 21 heavy (non-hydrogen) atoms. The van der Waals surface area contributed by atoms with Gasteiger partial charge in [-0.25, -0.2) is 0 Å². The zero-order valence-electron chi connectivity index (χ0n) is 11.0. The largest absolute Gasteiger partial charge is 0.493 e. The molecule has 0 aromatic heterocycles. The van der Waals surface area contributed by atoms with Crippen LogP contribution in [0.1, 0.15) is 21.5 Å². The normalized spacial score (nSPS) is 12.9. The maximum atomic E-state index is 12.5. The molecule has 0 saturated carbocycles. The molecular formula is C16H11BrCl2O2. The maximum absolute atomic E-state index is 12.5. The van der Waals surface area contributed by atoms with Crippen LogP contribution in [-0.4, -0.2) is 12.4 Å². The van der Waals surface area contributed by atoms with E-state index in [1.807, 2.05) is 6.07 Å². The SMILES string of the molecule is O=C(Cc1cc(Cl)cc2c1OCC2)c1cc(Br)ccc1Cl. The van der Waals surface area contributed by atoms with Crippen LogP contribution in [0.15, 0.2) is 34.8 Å². The van der Waals surface area contributed by atoms with E-state index in [0.29, 0.717) is 22.2 Å². The third-order valence-electron chi connectivity index (χ3n) is 3.41. The predicted molar refractivity (Wildman–Crippen MR) is 87.8 cm³/mol. The molecule has 0 amide bonds. The second-order valence-corrected chi connectivity index (χ2v) is 6.64. The molecule has 1 heterocycles. The number of Topliss-reactive ketones (excluding diaryl/α,β-unsaturated/α-hetero) is 1. The van der Waals surface area contributed by atoms with E-state index in [0.717, 1.165) is 27.8 Å². The fourth-order valence-corrected chi connectivity index (χ4v) is 3.30. The summed E-state index contributed by atoms with van der Waals surface area (Å²) in [7, 11) is 0. The summed E-state index contributed by atoms with van der Waals surface area (Å²) in [5.41, 5.74) is 2.37. The summed E-state index contributed by atoms with van der Waals surface area (Å²) in [5, 5.41) is 1.07. The second-order valence-electron chi connectivity index (χ2n) is 4.88. The van der Waals surface area contributed by atoms with Crippen LogP contribution in [-0.2, 0) is 12.8 Å². The van der Waals surface area contributed by atoms with Crippen molar-refractivity contribution in [1.29, 1.82) is 0 Å². The van der Waals surface area contributed by atoms with Gasteiger partial charge in [-0.05, 0) is 35.9 Å². The first-order chi connectivity index (χ1) is 10.0. The quantitative estimate of drug-likeness (QED) is 0.685. The van der Waals surface area contributed by atoms with E-state index in [1.165, 1.54) is 0 Å². The summed E-state index contributed by atoms with van der Waals surface area (Å²) in [5.74, 6) is 0.736. The molecule has 1 aliphatic heterocycles. The van der Waals surface area contributed by atoms with Crippen molar-refractivity contribution < 1.29 is 9.53 Å². The summed E-state index contributed by atoms with van der Waals surface area (Å²) in [6, 6.07) is 8.92. The van der Waals surface area contributed by atoms with E-state index in [1.54, 1.807) is 24.3 Å². The molecule has 0 saturated heterocycles. The summed E-state index contributed by atoms with van der Waals surface area (Å²) < 4.78 is 6.44. The number of carbonyl (C=O) groups is 1. The van der Waals surface area contributed by atoms with Gasteiger partial charge in [-0.15, -0.1) is 0 Å². The van der Waals surface area contributed by atoms with Crippen LogP contribution >= 0.6 is 39.1 Å². The van der Waals surface area contributed by atoms with Crippen LogP contribution < -0.4 is 4.74 Å². The van der Waals surface area contributed by atoms with Crippen LogP contribution in [0, 0.1) is 0 Å². The molecule has 2 aromatic carbocycles. The van der Waals surface area contributed by atoms with E-state index >= 15 is 0 Å². The van der Waals surface area contributed by atoms with Gasteiger partial charge in [0, 0.05) is 33.5 Å². The molecule has 0 radical (unpaired) electrons. The van der Waals surface area contributed by atoms with Gasteiger partial charge in [0.25, 0.3) is 0 Å². The molecular weight excluding hydrogens is 375 g/mol. The Labute approximate surface area is 141 Å². The van der Waals surface area contributed by atoms with Crippen molar-refractivity contribution >= 4 is 44.9 Å². The minimum Gasteiger partial charge on any atom is -0.493 e. The van der Waals surface area contributed by atoms with E-state index in [9.17, 15) is 4.79 Å². The molecule has 2 nitrogen and oxygen atoms in total. The lowest BCUT2D eigenvalue weighted by molar-refractivity contribution is 0.0992. The molecule has 108 valence electrons. The molecule has 0 unspecified atom stereocenters. The average molecular weight is 386 g/mol. The summed E-state index contributed by atoms with van der Waals surface area (Å²) >= 11 is 15.6. The number of carbonyl (C=O) groups excluding carboxylic acids is 1. The highest BCUT2D eigenvalue weighted by molar-refractivity contribution is 9.10. The minimum atomic E-state index is -0.0544. The zero-order valence-corrected chi connectivity index (χ0v) is 14.1. The number of halogens is 3. The standard InChI is InChI=1S/C16H11BrCl2O2/c17-11-1-2-14(19)13(8-11)15(20)7-10-6-12(18)5-9-3-4-21-16(9)10/h1-2,5-6,8H,3-4,7H2. The smallest absolute Gasteiger partial charge is 0.168 e. The number of benzene rings is 2. The molecule has 3 rings (SSSR count). The zero-order chi connectivity index (χ0) is 15.0. The molecule has 0 spiro atoms. The van der Waals surface area contributed by atoms with Crippen molar-refractivity contribution in [3.05, 3.63) is 61.5 Å². The highest BCUT2D eigenvalue weighted by Gasteiger charge is 2.20. The van der Waals surface area contributed by atoms with Gasteiger partial charge in [-0.1, -0.05) is 39.1 Å². The first-order valence-corrected chi connectivity index (χ1v) is 8.02. The summed E-state index contributed by atoms with van der Waals surface area (Å²) in [4.78, 5) is 12.5. The number of hydrogen-bond acceptors (Lipinski definition) is 2. The Morgan fingerprint density at radius 2 is 2.05 bits per heavy atom. The van der Waals surface area contributed by atoms with Crippen molar-refractivity contribution in [2.45, 2.75) is 12.8 Å². The van der Waals surface area contributed by atoms with Crippen LogP contribution in [0.4, 0.5) is 0 Å². The van der Waals surface area contributed by atoms with Gasteiger partial charge in [0.15, 0.2) is 5.78 Å². The number of ketones is 1. The summed E-state index contributed by atoms with van der Waals surface area (Å²) in [6.45, 7) is 0.633. The highest BCUT2D eigenvalue weighted by atomic mass is 79.9. The average Bonchev–Trinajstić information content (AvgIpc) is 2.89. The molecule has 0 fully saturated rings. The van der Waals surface area contributed by atoms with E-state index < -0.39 is 0 Å². The molecule has 1 aliphatic rings. The Bertz CT molecular complexity index is 728. The first kappa shape index (κ1) is 14.9. The van der Waals surface area contributed by atoms with E-state index in [4.69, 9.17) is 27.9 Å². The molecule has 0 aliphatic carbocycles. The number of fused-ring (bicyclic) bond motifs is 1. The van der Waals surface area contributed by atoms with E-state index in [-0.39, 0.29) is 12.2 Å². The second kappa shape index (κ2) is 5.99. The molecule has 2 aromatic rings. The van der Waals surface area contributed by atoms with Crippen LogP contribution in [0.25, 0.3) is 0 Å². The fourth-order valence-electron chi connectivity index (χ4n) is 2.46. The Balaban J connectivity index is 1.94. The highest BCUT2D eigenvalue weighted by Crippen LogP contribution is 2.34. The number of rotatable bonds is 3. The first-order valence-electron chi connectivity index (χ1n) is 6.47. The Morgan fingerprint density at radius 3 is 2.86 bits per heavy atom. The number of ether oxygens (including phenoxy) is 1.